The zero-order valence-corrected chi connectivity index (χ0v) is 27.7. The fourth-order valence-corrected chi connectivity index (χ4v) is 6.86. The predicted molar refractivity (Wildman–Crippen MR) is 181 cm³/mol. The van der Waals surface area contributed by atoms with E-state index in [1.54, 1.807) is 42.5 Å². The maximum absolute atomic E-state index is 14.3. The molecule has 1 atom stereocenters. The first-order chi connectivity index (χ1) is 22.3. The molecule has 0 N–H and O–H groups in total. The highest BCUT2D eigenvalue weighted by Crippen LogP contribution is 2.33. The van der Waals surface area contributed by atoms with Crippen molar-refractivity contribution in [1.29, 1.82) is 0 Å². The molecule has 11 heteroatoms. The van der Waals surface area contributed by atoms with Crippen LogP contribution in [0.4, 0.5) is 0 Å². The second-order valence-corrected chi connectivity index (χ2v) is 12.2. The van der Waals surface area contributed by atoms with E-state index in [2.05, 4.69) is 22.5 Å². The summed E-state index contributed by atoms with van der Waals surface area (Å²) >= 11 is 4.84. The second-order valence-electron chi connectivity index (χ2n) is 10.3. The summed E-state index contributed by atoms with van der Waals surface area (Å²) in [7, 11) is 3.19. The molecule has 0 fully saturated rings. The molecule has 9 nitrogen and oxygen atoms in total. The second kappa shape index (κ2) is 13.2. The Morgan fingerprint density at radius 2 is 1.83 bits per heavy atom. The Hall–Kier alpha value is -5.00. The van der Waals surface area contributed by atoms with Gasteiger partial charge in [-0.15, -0.1) is 0 Å². The molecule has 3 aromatic carbocycles. The third-order valence-electron chi connectivity index (χ3n) is 7.48. The molecule has 0 radical (unpaired) electrons. The standard InChI is InChI=1S/C35H29BrN4O5S/c1-5-17-45-34(42)30-21(2)37-35-40(32(30)22-11-14-26(43-3)15-12-22)33(41)29(46-35)19-24-20-39(25-9-7-6-8-10-25)38-31(24)23-13-16-28(44-4)27(36)18-23/h5-16,18-20,32H,1,17H2,2-4H3. The number of hydrogen-bond acceptors (Lipinski definition) is 8. The van der Waals surface area contributed by atoms with E-state index in [1.807, 2.05) is 72.9 Å². The van der Waals surface area contributed by atoms with E-state index in [4.69, 9.17) is 24.3 Å². The van der Waals surface area contributed by atoms with E-state index < -0.39 is 12.0 Å². The van der Waals surface area contributed by atoms with Gasteiger partial charge in [0, 0.05) is 17.3 Å². The summed E-state index contributed by atoms with van der Waals surface area (Å²) in [4.78, 5) is 32.8. The summed E-state index contributed by atoms with van der Waals surface area (Å²) in [6.07, 6.45) is 5.22. The zero-order valence-electron chi connectivity index (χ0n) is 25.3. The summed E-state index contributed by atoms with van der Waals surface area (Å²) in [5.41, 5.74) is 4.29. The van der Waals surface area contributed by atoms with Gasteiger partial charge in [0.25, 0.3) is 5.56 Å². The summed E-state index contributed by atoms with van der Waals surface area (Å²) in [5, 5.41) is 4.92. The fourth-order valence-electron chi connectivity index (χ4n) is 5.28. The van der Waals surface area contributed by atoms with E-state index in [0.29, 0.717) is 37.8 Å². The molecule has 232 valence electrons. The number of esters is 1. The Bertz CT molecular complexity index is 2160. The number of carbonyl (C=O) groups is 1. The molecule has 0 saturated carbocycles. The van der Waals surface area contributed by atoms with E-state index >= 15 is 0 Å². The Kier molecular flexibility index (Phi) is 8.87. The summed E-state index contributed by atoms with van der Waals surface area (Å²) in [6, 6.07) is 22.0. The minimum absolute atomic E-state index is 0.0328. The highest BCUT2D eigenvalue weighted by Gasteiger charge is 2.33. The Balaban J connectivity index is 1.55. The molecule has 6 rings (SSSR count). The van der Waals surface area contributed by atoms with Gasteiger partial charge in [0.05, 0.1) is 46.2 Å². The van der Waals surface area contributed by atoms with E-state index in [0.717, 1.165) is 21.3 Å². The highest BCUT2D eigenvalue weighted by molar-refractivity contribution is 9.10. The van der Waals surface area contributed by atoms with E-state index in [1.165, 1.54) is 17.4 Å². The van der Waals surface area contributed by atoms with Gasteiger partial charge in [-0.3, -0.25) is 9.36 Å². The lowest BCUT2D eigenvalue weighted by molar-refractivity contribution is -0.138. The molecule has 0 saturated heterocycles. The summed E-state index contributed by atoms with van der Waals surface area (Å²) < 4.78 is 20.8. The smallest absolute Gasteiger partial charge is 0.338 e. The third-order valence-corrected chi connectivity index (χ3v) is 9.08. The predicted octanol–water partition coefficient (Wildman–Crippen LogP) is 5.60. The lowest BCUT2D eigenvalue weighted by Gasteiger charge is -2.24. The molecule has 0 amide bonds. The van der Waals surface area contributed by atoms with Crippen LogP contribution < -0.4 is 24.4 Å². The van der Waals surface area contributed by atoms with Crippen molar-refractivity contribution in [1.82, 2.24) is 14.3 Å². The first-order valence-corrected chi connectivity index (χ1v) is 15.9. The number of fused-ring (bicyclic) bond motifs is 1. The maximum Gasteiger partial charge on any atom is 0.338 e. The largest absolute Gasteiger partial charge is 0.497 e. The molecule has 1 unspecified atom stereocenters. The first kappa shape index (κ1) is 31.0. The van der Waals surface area contributed by atoms with Crippen LogP contribution in [0.2, 0.25) is 0 Å². The van der Waals surface area contributed by atoms with Gasteiger partial charge >= 0.3 is 5.97 Å². The highest BCUT2D eigenvalue weighted by atomic mass is 79.9. The van der Waals surface area contributed by atoms with Crippen LogP contribution in [-0.4, -0.2) is 41.1 Å². The number of benzene rings is 3. The quantitative estimate of drug-likeness (QED) is 0.147. The molecule has 0 aliphatic carbocycles. The molecule has 0 bridgehead atoms. The Morgan fingerprint density at radius 1 is 1.07 bits per heavy atom. The average molecular weight is 698 g/mol. The zero-order chi connectivity index (χ0) is 32.4. The number of nitrogens with zero attached hydrogens (tertiary/aromatic N) is 4. The van der Waals surface area contributed by atoms with Crippen LogP contribution in [0.1, 0.15) is 24.1 Å². The minimum atomic E-state index is -0.759. The average Bonchev–Trinajstić information content (AvgIpc) is 3.63. The van der Waals surface area contributed by atoms with Gasteiger partial charge in [-0.05, 0) is 77.0 Å². The number of halogens is 1. The number of ether oxygens (including phenoxy) is 3. The van der Waals surface area contributed by atoms with Gasteiger partial charge in [-0.25, -0.2) is 14.5 Å². The molecule has 5 aromatic rings. The van der Waals surface area contributed by atoms with Crippen LogP contribution in [-0.2, 0) is 9.53 Å². The molecular weight excluding hydrogens is 668 g/mol. The van der Waals surface area contributed by atoms with Crippen LogP contribution >= 0.6 is 27.3 Å². The van der Waals surface area contributed by atoms with Crippen LogP contribution in [0, 0.1) is 0 Å². The Labute approximate surface area is 277 Å². The van der Waals surface area contributed by atoms with Crippen molar-refractivity contribution < 1.29 is 19.0 Å². The number of thiazole rings is 1. The normalized spacial score (nSPS) is 14.4. The molecule has 2 aromatic heterocycles. The van der Waals surface area contributed by atoms with Crippen molar-refractivity contribution in [2.45, 2.75) is 13.0 Å². The van der Waals surface area contributed by atoms with Gasteiger partial charge in [0.15, 0.2) is 4.80 Å². The number of carbonyl (C=O) groups excluding carboxylic acids is 1. The summed E-state index contributed by atoms with van der Waals surface area (Å²) in [6.45, 7) is 5.43. The van der Waals surface area contributed by atoms with Crippen LogP contribution in [0.3, 0.4) is 0 Å². The van der Waals surface area contributed by atoms with Crippen LogP contribution in [0.25, 0.3) is 23.0 Å². The maximum atomic E-state index is 14.3. The SMILES string of the molecule is C=CCOC(=O)C1=C(C)N=c2sc(=Cc3cn(-c4ccccc4)nc3-c3ccc(OC)c(Br)c3)c(=O)n2C1c1ccc(OC)cc1. The third kappa shape index (κ3) is 5.86. The monoisotopic (exact) mass is 696 g/mol. The molecule has 1 aliphatic rings. The molecule has 0 spiro atoms. The van der Waals surface area contributed by atoms with Crippen molar-refractivity contribution in [2.75, 3.05) is 20.8 Å². The molecular formula is C35H29BrN4O5S. The van der Waals surface area contributed by atoms with Crippen molar-refractivity contribution in [3.05, 3.63) is 138 Å². The van der Waals surface area contributed by atoms with Gasteiger partial charge in [-0.2, -0.15) is 5.10 Å². The van der Waals surface area contributed by atoms with E-state index in [-0.39, 0.29) is 17.7 Å². The summed E-state index contributed by atoms with van der Waals surface area (Å²) in [5.74, 6) is 0.783. The van der Waals surface area contributed by atoms with Gasteiger partial charge < -0.3 is 14.2 Å². The van der Waals surface area contributed by atoms with Crippen molar-refractivity contribution in [3.8, 4) is 28.4 Å². The number of para-hydroxylation sites is 1. The van der Waals surface area contributed by atoms with Crippen molar-refractivity contribution in [3.63, 3.8) is 0 Å². The lowest BCUT2D eigenvalue weighted by atomic mass is 9.96. The number of hydrogen-bond donors (Lipinski definition) is 0. The van der Waals surface area contributed by atoms with Crippen LogP contribution in [0.15, 0.2) is 117 Å². The topological polar surface area (TPSA) is 96.9 Å². The number of aromatic nitrogens is 3. The van der Waals surface area contributed by atoms with Gasteiger partial charge in [0.1, 0.15) is 23.8 Å². The minimum Gasteiger partial charge on any atom is -0.497 e. The number of rotatable bonds is 9. The van der Waals surface area contributed by atoms with Crippen molar-refractivity contribution in [2.24, 2.45) is 4.99 Å². The Morgan fingerprint density at radius 3 is 2.50 bits per heavy atom. The molecule has 3 heterocycles. The van der Waals surface area contributed by atoms with Gasteiger partial charge in [0.2, 0.25) is 0 Å². The number of allylic oxidation sites excluding steroid dienone is 1. The molecule has 46 heavy (non-hydrogen) atoms. The lowest BCUT2D eigenvalue weighted by Crippen LogP contribution is -2.39. The fraction of sp³-hybridized carbons (Fsp3) is 0.143. The van der Waals surface area contributed by atoms with Crippen LogP contribution in [0.5, 0.6) is 11.5 Å². The molecule has 1 aliphatic heterocycles. The van der Waals surface area contributed by atoms with Crippen molar-refractivity contribution >= 4 is 39.3 Å². The first-order valence-electron chi connectivity index (χ1n) is 14.3. The van der Waals surface area contributed by atoms with Gasteiger partial charge in [-0.1, -0.05) is 54.3 Å². The number of methoxy groups -OCH3 is 2. The van der Waals surface area contributed by atoms with E-state index in [9.17, 15) is 9.59 Å².